The number of carbonyl (C=O) groups excluding carboxylic acids is 2. The molecule has 1 fully saturated rings. The van der Waals surface area contributed by atoms with Crippen LogP contribution in [0, 0.1) is 11.3 Å². The third-order valence-corrected chi connectivity index (χ3v) is 9.14. The van der Waals surface area contributed by atoms with Crippen LogP contribution in [0.4, 0.5) is 16.2 Å². The van der Waals surface area contributed by atoms with Gasteiger partial charge in [0.1, 0.15) is 0 Å². The van der Waals surface area contributed by atoms with Crippen molar-refractivity contribution in [3.63, 3.8) is 0 Å². The number of nitrogens with zero attached hydrogens (tertiary/aromatic N) is 3. The molecule has 15 heteroatoms. The minimum Gasteiger partial charge on any atom is -0.490 e. The van der Waals surface area contributed by atoms with E-state index in [0.717, 1.165) is 4.31 Å². The van der Waals surface area contributed by atoms with Crippen molar-refractivity contribution in [2.45, 2.75) is 40.2 Å². The van der Waals surface area contributed by atoms with Gasteiger partial charge in [0.2, 0.25) is 20.0 Å². The number of hydrogen-bond acceptors (Lipinski definition) is 10. The predicted octanol–water partition coefficient (Wildman–Crippen LogP) is 3.38. The number of hydrogen-bond donors (Lipinski definition) is 1. The van der Waals surface area contributed by atoms with Gasteiger partial charge in [0, 0.05) is 17.3 Å². The Balaban J connectivity index is 2.25. The highest BCUT2D eigenvalue weighted by Gasteiger charge is 2.45. The number of amides is 2. The molecule has 2 aromatic carbocycles. The summed E-state index contributed by atoms with van der Waals surface area (Å²) in [4.78, 5) is 26.9. The van der Waals surface area contributed by atoms with Gasteiger partial charge in [-0.15, -0.1) is 0 Å². The van der Waals surface area contributed by atoms with Gasteiger partial charge >= 0.3 is 12.0 Å². The van der Waals surface area contributed by atoms with Crippen LogP contribution in [0.2, 0.25) is 0 Å². The topological polar surface area (TPSA) is 172 Å². The number of anilines is 2. The first-order valence-corrected chi connectivity index (χ1v) is 16.6. The summed E-state index contributed by atoms with van der Waals surface area (Å²) >= 11 is 0. The van der Waals surface area contributed by atoms with Gasteiger partial charge in [-0.05, 0) is 57.5 Å². The van der Waals surface area contributed by atoms with E-state index in [4.69, 9.17) is 14.2 Å². The van der Waals surface area contributed by atoms with E-state index < -0.39 is 43.8 Å². The summed E-state index contributed by atoms with van der Waals surface area (Å²) in [6, 6.07) is 8.94. The summed E-state index contributed by atoms with van der Waals surface area (Å²) in [7, 11) is -8.34. The average molecular weight is 623 g/mol. The second-order valence-electron chi connectivity index (χ2n) is 9.09. The zero-order chi connectivity index (χ0) is 31.1. The van der Waals surface area contributed by atoms with Crippen molar-refractivity contribution < 1.29 is 40.6 Å². The van der Waals surface area contributed by atoms with Crippen molar-refractivity contribution in [1.82, 2.24) is 4.31 Å². The molecule has 0 aliphatic carbocycles. The van der Waals surface area contributed by atoms with E-state index in [1.165, 1.54) is 41.3 Å². The Bertz CT molecular complexity index is 1550. The monoisotopic (exact) mass is 622 g/mol. The van der Waals surface area contributed by atoms with Crippen molar-refractivity contribution in [1.29, 1.82) is 5.26 Å². The molecule has 0 radical (unpaired) electrons. The Labute approximate surface area is 246 Å². The van der Waals surface area contributed by atoms with Gasteiger partial charge in [-0.3, -0.25) is 14.4 Å². The lowest BCUT2D eigenvalue weighted by Gasteiger charge is -2.26. The molecule has 1 N–H and O–H groups in total. The summed E-state index contributed by atoms with van der Waals surface area (Å²) < 4.78 is 71.7. The molecule has 3 rings (SSSR count). The van der Waals surface area contributed by atoms with E-state index in [2.05, 4.69) is 4.72 Å². The van der Waals surface area contributed by atoms with Crippen LogP contribution >= 0.6 is 0 Å². The highest BCUT2D eigenvalue weighted by molar-refractivity contribution is 7.93. The molecular formula is C27H34N4O9S2. The molecule has 1 saturated heterocycles. The number of ether oxygens (including phenoxy) is 3. The molecule has 1 aliphatic rings. The van der Waals surface area contributed by atoms with Crippen LogP contribution in [0.5, 0.6) is 11.5 Å². The number of nitrogens with one attached hydrogen (secondary N) is 1. The van der Waals surface area contributed by atoms with Gasteiger partial charge in [0.15, 0.2) is 17.3 Å². The molecule has 2 aromatic rings. The predicted molar refractivity (Wildman–Crippen MR) is 155 cm³/mol. The molecule has 13 nitrogen and oxygen atoms in total. The minimum absolute atomic E-state index is 0.0110. The van der Waals surface area contributed by atoms with Gasteiger partial charge in [-0.2, -0.15) is 5.26 Å². The number of esters is 1. The molecule has 228 valence electrons. The molecule has 2 amide bonds. The van der Waals surface area contributed by atoms with Gasteiger partial charge in [-0.25, -0.2) is 25.9 Å². The first kappa shape index (κ1) is 32.5. The second kappa shape index (κ2) is 13.8. The standard InChI is InChI=1S/C27H34N4O9S2/c1-5-13-42(36,37)30-17-23(31(27(30)33)20-11-9-19(16-28)10-12-20)21-14-24(38-6-2)25(39-7-3)15-22(21)29-41(34,35)18-26(32)40-8-4/h9-12,14-15,23,29H,5-8,13,17-18H2,1-4H3/t23-/m0/s1. The zero-order valence-corrected chi connectivity index (χ0v) is 25.5. The Morgan fingerprint density at radius 1 is 1.00 bits per heavy atom. The van der Waals surface area contributed by atoms with Crippen LogP contribution < -0.4 is 19.1 Å². The smallest absolute Gasteiger partial charge is 0.338 e. The minimum atomic E-state index is -4.31. The number of nitriles is 1. The van der Waals surface area contributed by atoms with Crippen LogP contribution in [0.1, 0.15) is 51.3 Å². The molecule has 1 aliphatic heterocycles. The molecule has 0 spiro atoms. The lowest BCUT2D eigenvalue weighted by molar-refractivity contribution is -0.139. The zero-order valence-electron chi connectivity index (χ0n) is 23.8. The number of rotatable bonds is 14. The average Bonchev–Trinajstić information content (AvgIpc) is 3.27. The van der Waals surface area contributed by atoms with E-state index in [9.17, 15) is 31.7 Å². The highest BCUT2D eigenvalue weighted by Crippen LogP contribution is 2.43. The summed E-state index contributed by atoms with van der Waals surface area (Å²) in [5.74, 6) is -1.78. The van der Waals surface area contributed by atoms with Crippen molar-refractivity contribution in [2.24, 2.45) is 0 Å². The molecule has 42 heavy (non-hydrogen) atoms. The van der Waals surface area contributed by atoms with Crippen molar-refractivity contribution in [2.75, 3.05) is 47.5 Å². The van der Waals surface area contributed by atoms with Gasteiger partial charge in [-0.1, -0.05) is 6.92 Å². The van der Waals surface area contributed by atoms with Gasteiger partial charge in [0.05, 0.1) is 55.5 Å². The van der Waals surface area contributed by atoms with Crippen LogP contribution in [0.15, 0.2) is 36.4 Å². The Hall–Kier alpha value is -4.03. The summed E-state index contributed by atoms with van der Waals surface area (Å²) in [5, 5.41) is 9.23. The maximum absolute atomic E-state index is 13.7. The Kier molecular flexibility index (Phi) is 10.6. The van der Waals surface area contributed by atoms with Crippen LogP contribution in [-0.4, -0.2) is 71.0 Å². The van der Waals surface area contributed by atoms with Crippen molar-refractivity contribution in [3.8, 4) is 17.6 Å². The van der Waals surface area contributed by atoms with E-state index in [1.54, 1.807) is 27.7 Å². The first-order valence-electron chi connectivity index (χ1n) is 13.3. The molecule has 1 heterocycles. The van der Waals surface area contributed by atoms with Crippen molar-refractivity contribution in [3.05, 3.63) is 47.5 Å². The summed E-state index contributed by atoms with van der Waals surface area (Å²) in [6.07, 6.45) is 0.268. The van der Waals surface area contributed by atoms with E-state index in [0.29, 0.717) is 5.56 Å². The van der Waals surface area contributed by atoms with E-state index >= 15 is 0 Å². The normalized spacial score (nSPS) is 15.3. The molecule has 0 saturated carbocycles. The van der Waals surface area contributed by atoms with E-state index in [1.807, 2.05) is 6.07 Å². The maximum Gasteiger partial charge on any atom is 0.338 e. The largest absolute Gasteiger partial charge is 0.490 e. The third-order valence-electron chi connectivity index (χ3n) is 6.10. The Morgan fingerprint density at radius 2 is 1.62 bits per heavy atom. The lowest BCUT2D eigenvalue weighted by Crippen LogP contribution is -2.37. The Morgan fingerprint density at radius 3 is 2.17 bits per heavy atom. The third kappa shape index (κ3) is 7.42. The fourth-order valence-electron chi connectivity index (χ4n) is 4.43. The molecule has 0 aromatic heterocycles. The maximum atomic E-state index is 13.7. The summed E-state index contributed by atoms with van der Waals surface area (Å²) in [5.41, 5.74) is 0.758. The van der Waals surface area contributed by atoms with E-state index in [-0.39, 0.29) is 67.0 Å². The molecule has 0 unspecified atom stereocenters. The van der Waals surface area contributed by atoms with Gasteiger partial charge < -0.3 is 14.2 Å². The van der Waals surface area contributed by atoms with Crippen LogP contribution in [0.3, 0.4) is 0 Å². The second-order valence-corrected chi connectivity index (χ2v) is 12.8. The van der Waals surface area contributed by atoms with Crippen LogP contribution in [0.25, 0.3) is 0 Å². The number of urea groups is 1. The van der Waals surface area contributed by atoms with Crippen molar-refractivity contribution >= 4 is 43.4 Å². The highest BCUT2D eigenvalue weighted by atomic mass is 32.2. The molecular weight excluding hydrogens is 588 g/mol. The number of carbonyl (C=O) groups is 2. The fraction of sp³-hybridized carbons (Fsp3) is 0.444. The SMILES string of the molecule is CCCS(=O)(=O)N1C[C@@H](c2cc(OCC)c(OCC)cc2NS(=O)(=O)CC(=O)OCC)N(c2ccc(C#N)cc2)C1=O. The van der Waals surface area contributed by atoms with Gasteiger partial charge in [0.25, 0.3) is 0 Å². The summed E-state index contributed by atoms with van der Waals surface area (Å²) in [6.45, 7) is 6.79. The van der Waals surface area contributed by atoms with Crippen LogP contribution in [-0.2, 0) is 29.6 Å². The molecule has 1 atom stereocenters. The first-order chi connectivity index (χ1) is 19.9. The molecule has 0 bridgehead atoms. The quantitative estimate of drug-likeness (QED) is 0.308. The number of benzene rings is 2. The lowest BCUT2D eigenvalue weighted by atomic mass is 10.0. The fourth-order valence-corrected chi connectivity index (χ4v) is 6.84. The number of sulfonamides is 2.